The average molecular weight is 367 g/mol. The predicted octanol–water partition coefficient (Wildman–Crippen LogP) is 4.72. The molecule has 3 nitrogen and oxygen atoms in total. The molecule has 0 spiro atoms. The summed E-state index contributed by atoms with van der Waals surface area (Å²) in [4.78, 5) is 1.94. The van der Waals surface area contributed by atoms with Crippen molar-refractivity contribution < 1.29 is 27.0 Å². The van der Waals surface area contributed by atoms with Crippen molar-refractivity contribution in [3.8, 4) is 11.5 Å². The van der Waals surface area contributed by atoms with Crippen LogP contribution in [0, 0.1) is 5.82 Å². The number of nitrogens with zero attached hydrogens (tertiary/aromatic N) is 1. The van der Waals surface area contributed by atoms with E-state index in [1.807, 2.05) is 30.1 Å². The Bertz CT molecular complexity index is 818. The quantitative estimate of drug-likeness (QED) is 0.714. The third kappa shape index (κ3) is 4.35. The van der Waals surface area contributed by atoms with Crippen molar-refractivity contribution in [2.45, 2.75) is 12.7 Å². The van der Waals surface area contributed by atoms with Gasteiger partial charge in [-0.3, -0.25) is 4.90 Å². The standard InChI is InChI=1S/C19H17F4NO2/c1-24(11-13-4-7-17-18(9-13)26-12-25-17)8-2-3-14-5-6-15(20)10-16(14)19(21,22)23/h2-7,9-10H,8,11-12H2,1H3. The topological polar surface area (TPSA) is 21.7 Å². The average Bonchev–Trinajstić information content (AvgIpc) is 3.03. The van der Waals surface area contributed by atoms with Gasteiger partial charge in [-0.15, -0.1) is 0 Å². The Kier molecular flexibility index (Phi) is 5.18. The molecule has 0 unspecified atom stereocenters. The molecule has 0 bridgehead atoms. The molecule has 2 aromatic rings. The van der Waals surface area contributed by atoms with E-state index in [1.54, 1.807) is 6.08 Å². The first kappa shape index (κ1) is 18.3. The van der Waals surface area contributed by atoms with Crippen molar-refractivity contribution in [3.05, 3.63) is 65.0 Å². The maximum absolute atomic E-state index is 13.1. The first-order valence-corrected chi connectivity index (χ1v) is 7.93. The maximum Gasteiger partial charge on any atom is 0.417 e. The third-order valence-corrected chi connectivity index (χ3v) is 3.92. The van der Waals surface area contributed by atoms with E-state index >= 15 is 0 Å². The summed E-state index contributed by atoms with van der Waals surface area (Å²) < 4.78 is 62.6. The van der Waals surface area contributed by atoms with Gasteiger partial charge in [0, 0.05) is 13.1 Å². The molecular weight excluding hydrogens is 350 g/mol. The first-order valence-electron chi connectivity index (χ1n) is 7.93. The summed E-state index contributed by atoms with van der Waals surface area (Å²) in [6.07, 6.45) is -1.62. The molecule has 0 atom stereocenters. The molecule has 2 aromatic carbocycles. The summed E-state index contributed by atoms with van der Waals surface area (Å²) in [6, 6.07) is 8.28. The molecule has 7 heteroatoms. The second kappa shape index (κ2) is 7.37. The van der Waals surface area contributed by atoms with Gasteiger partial charge >= 0.3 is 6.18 Å². The van der Waals surface area contributed by atoms with Gasteiger partial charge in [-0.05, 0) is 42.4 Å². The highest BCUT2D eigenvalue weighted by atomic mass is 19.4. The van der Waals surface area contributed by atoms with Gasteiger partial charge in [0.25, 0.3) is 0 Å². The summed E-state index contributed by atoms with van der Waals surface area (Å²) >= 11 is 0. The van der Waals surface area contributed by atoms with E-state index in [2.05, 4.69) is 0 Å². The lowest BCUT2D eigenvalue weighted by atomic mass is 10.1. The SMILES string of the molecule is CN(CC=Cc1ccc(F)cc1C(F)(F)F)Cc1ccc2c(c1)OCO2. The smallest absolute Gasteiger partial charge is 0.417 e. The molecule has 0 aliphatic carbocycles. The van der Waals surface area contributed by atoms with Gasteiger partial charge in [-0.2, -0.15) is 13.2 Å². The molecule has 0 fully saturated rings. The van der Waals surface area contributed by atoms with Crippen molar-refractivity contribution in [3.63, 3.8) is 0 Å². The van der Waals surface area contributed by atoms with Gasteiger partial charge in [0.15, 0.2) is 11.5 Å². The Morgan fingerprint density at radius 3 is 2.62 bits per heavy atom. The highest BCUT2D eigenvalue weighted by molar-refractivity contribution is 5.55. The number of likely N-dealkylation sites (N-methyl/N-ethyl adjacent to an activating group) is 1. The summed E-state index contributed by atoms with van der Waals surface area (Å²) in [5.74, 6) is 0.481. The zero-order chi connectivity index (χ0) is 18.7. The minimum Gasteiger partial charge on any atom is -0.454 e. The van der Waals surface area contributed by atoms with E-state index < -0.39 is 17.6 Å². The van der Waals surface area contributed by atoms with Crippen LogP contribution in [0.5, 0.6) is 11.5 Å². The molecule has 138 valence electrons. The lowest BCUT2D eigenvalue weighted by Crippen LogP contribution is -2.17. The van der Waals surface area contributed by atoms with Crippen LogP contribution in [0.15, 0.2) is 42.5 Å². The highest BCUT2D eigenvalue weighted by Crippen LogP contribution is 2.34. The van der Waals surface area contributed by atoms with E-state index in [0.717, 1.165) is 17.7 Å². The van der Waals surface area contributed by atoms with Crippen LogP contribution in [0.25, 0.3) is 6.08 Å². The Morgan fingerprint density at radius 1 is 1.08 bits per heavy atom. The number of halogens is 4. The van der Waals surface area contributed by atoms with Crippen LogP contribution in [0.4, 0.5) is 17.6 Å². The van der Waals surface area contributed by atoms with Crippen LogP contribution in [0.1, 0.15) is 16.7 Å². The Morgan fingerprint density at radius 2 is 1.85 bits per heavy atom. The van der Waals surface area contributed by atoms with E-state index in [1.165, 1.54) is 6.08 Å². The van der Waals surface area contributed by atoms with Crippen LogP contribution in [0.2, 0.25) is 0 Å². The molecule has 1 heterocycles. The summed E-state index contributed by atoms with van der Waals surface area (Å²) in [5, 5.41) is 0. The number of alkyl halides is 3. The Hall–Kier alpha value is -2.54. The van der Waals surface area contributed by atoms with Crippen molar-refractivity contribution in [2.75, 3.05) is 20.4 Å². The number of benzene rings is 2. The largest absolute Gasteiger partial charge is 0.454 e. The van der Waals surface area contributed by atoms with Crippen LogP contribution in [-0.2, 0) is 12.7 Å². The molecule has 3 rings (SSSR count). The van der Waals surface area contributed by atoms with Crippen LogP contribution >= 0.6 is 0 Å². The molecule has 0 saturated heterocycles. The molecule has 1 aliphatic rings. The van der Waals surface area contributed by atoms with E-state index in [-0.39, 0.29) is 12.4 Å². The van der Waals surface area contributed by atoms with Gasteiger partial charge in [-0.25, -0.2) is 4.39 Å². The molecule has 26 heavy (non-hydrogen) atoms. The monoisotopic (exact) mass is 367 g/mol. The minimum absolute atomic E-state index is 0.0598. The van der Waals surface area contributed by atoms with Crippen molar-refractivity contribution in [1.82, 2.24) is 4.90 Å². The molecule has 0 saturated carbocycles. The predicted molar refractivity (Wildman–Crippen MR) is 89.3 cm³/mol. The van der Waals surface area contributed by atoms with Gasteiger partial charge in [0.1, 0.15) is 5.82 Å². The fourth-order valence-corrected chi connectivity index (χ4v) is 2.69. The normalized spacial score (nSPS) is 13.8. The van der Waals surface area contributed by atoms with Crippen molar-refractivity contribution in [2.24, 2.45) is 0 Å². The van der Waals surface area contributed by atoms with E-state index in [0.29, 0.717) is 30.7 Å². The molecule has 1 aliphatic heterocycles. The second-order valence-corrected chi connectivity index (χ2v) is 6.02. The first-order chi connectivity index (χ1) is 12.3. The Balaban J connectivity index is 1.63. The fourth-order valence-electron chi connectivity index (χ4n) is 2.69. The van der Waals surface area contributed by atoms with E-state index in [9.17, 15) is 17.6 Å². The van der Waals surface area contributed by atoms with Crippen molar-refractivity contribution in [1.29, 1.82) is 0 Å². The zero-order valence-corrected chi connectivity index (χ0v) is 14.0. The summed E-state index contributed by atoms with van der Waals surface area (Å²) in [7, 11) is 1.85. The summed E-state index contributed by atoms with van der Waals surface area (Å²) in [5.41, 5.74) is -0.0366. The zero-order valence-electron chi connectivity index (χ0n) is 14.0. The lowest BCUT2D eigenvalue weighted by molar-refractivity contribution is -0.137. The molecule has 0 N–H and O–H groups in total. The van der Waals surface area contributed by atoms with Crippen LogP contribution < -0.4 is 9.47 Å². The third-order valence-electron chi connectivity index (χ3n) is 3.92. The molecular formula is C19H17F4NO2. The van der Waals surface area contributed by atoms with Gasteiger partial charge in [0.2, 0.25) is 6.79 Å². The van der Waals surface area contributed by atoms with Crippen LogP contribution in [0.3, 0.4) is 0 Å². The summed E-state index contributed by atoms with van der Waals surface area (Å²) in [6.45, 7) is 1.23. The van der Waals surface area contributed by atoms with Gasteiger partial charge in [-0.1, -0.05) is 24.3 Å². The molecule has 0 radical (unpaired) electrons. The Labute approximate surface area is 148 Å². The van der Waals surface area contributed by atoms with Crippen molar-refractivity contribution >= 4 is 6.08 Å². The van der Waals surface area contributed by atoms with Gasteiger partial charge < -0.3 is 9.47 Å². The highest BCUT2D eigenvalue weighted by Gasteiger charge is 2.33. The van der Waals surface area contributed by atoms with Crippen LogP contribution in [-0.4, -0.2) is 25.3 Å². The minimum atomic E-state index is -4.60. The number of rotatable bonds is 5. The second-order valence-electron chi connectivity index (χ2n) is 6.02. The fraction of sp³-hybridized carbons (Fsp3) is 0.263. The molecule has 0 amide bonds. The number of ether oxygens (including phenoxy) is 2. The lowest BCUT2D eigenvalue weighted by Gasteiger charge is -2.15. The maximum atomic E-state index is 13.1. The van der Waals surface area contributed by atoms with Gasteiger partial charge in [0.05, 0.1) is 5.56 Å². The number of fused-ring (bicyclic) bond motifs is 1. The molecule has 0 aromatic heterocycles. The number of hydrogen-bond donors (Lipinski definition) is 0. The van der Waals surface area contributed by atoms with E-state index in [4.69, 9.17) is 9.47 Å². The number of hydrogen-bond acceptors (Lipinski definition) is 3.